The maximum absolute atomic E-state index is 12.4. The lowest BCUT2D eigenvalue weighted by atomic mass is 10.2. The van der Waals surface area contributed by atoms with E-state index in [1.807, 2.05) is 0 Å². The average molecular weight is 284 g/mol. The highest BCUT2D eigenvalue weighted by Crippen LogP contribution is 2.33. The molecule has 0 heterocycles. The number of nitro benzene ring substituents is 1. The third-order valence-corrected chi connectivity index (χ3v) is 5.27. The number of benzene rings is 1. The van der Waals surface area contributed by atoms with Crippen LogP contribution in [0.25, 0.3) is 0 Å². The molecule has 0 aliphatic heterocycles. The van der Waals surface area contributed by atoms with Gasteiger partial charge in [0.2, 0.25) is 10.0 Å². The van der Waals surface area contributed by atoms with Crippen LogP contribution in [0.1, 0.15) is 25.3 Å². The van der Waals surface area contributed by atoms with E-state index in [1.54, 1.807) is 13.8 Å². The first-order valence-electron chi connectivity index (χ1n) is 6.14. The quantitative estimate of drug-likeness (QED) is 0.612. The SMILES string of the molecule is CCN(C1CC1)S(=O)(=O)c1ccc(C)c([N+](=O)[O-])c1. The van der Waals surface area contributed by atoms with Crippen LogP contribution < -0.4 is 0 Å². The zero-order valence-electron chi connectivity index (χ0n) is 10.9. The molecule has 0 amide bonds. The Hall–Kier alpha value is -1.47. The minimum Gasteiger partial charge on any atom is -0.258 e. The molecule has 1 aromatic carbocycles. The zero-order chi connectivity index (χ0) is 14.2. The first-order valence-corrected chi connectivity index (χ1v) is 7.58. The lowest BCUT2D eigenvalue weighted by molar-refractivity contribution is -0.385. The predicted molar refractivity (Wildman–Crippen MR) is 70.4 cm³/mol. The Morgan fingerprint density at radius 1 is 1.42 bits per heavy atom. The maximum atomic E-state index is 12.4. The van der Waals surface area contributed by atoms with Crippen LogP contribution in [0.3, 0.4) is 0 Å². The Morgan fingerprint density at radius 2 is 2.05 bits per heavy atom. The summed E-state index contributed by atoms with van der Waals surface area (Å²) in [5.74, 6) is 0. The van der Waals surface area contributed by atoms with E-state index >= 15 is 0 Å². The van der Waals surface area contributed by atoms with Gasteiger partial charge in [-0.2, -0.15) is 4.31 Å². The highest BCUT2D eigenvalue weighted by Gasteiger charge is 2.37. The second kappa shape index (κ2) is 4.90. The van der Waals surface area contributed by atoms with E-state index in [2.05, 4.69) is 0 Å². The molecule has 0 bridgehead atoms. The van der Waals surface area contributed by atoms with Crippen molar-refractivity contribution in [2.45, 2.75) is 37.6 Å². The van der Waals surface area contributed by atoms with Gasteiger partial charge < -0.3 is 0 Å². The van der Waals surface area contributed by atoms with Crippen LogP contribution >= 0.6 is 0 Å². The van der Waals surface area contributed by atoms with Gasteiger partial charge in [-0.25, -0.2) is 8.42 Å². The van der Waals surface area contributed by atoms with Gasteiger partial charge in [-0.1, -0.05) is 13.0 Å². The Labute approximate surface area is 112 Å². The average Bonchev–Trinajstić information content (AvgIpc) is 3.14. The zero-order valence-corrected chi connectivity index (χ0v) is 11.7. The van der Waals surface area contributed by atoms with Crippen LogP contribution in [0.15, 0.2) is 23.1 Å². The smallest absolute Gasteiger partial charge is 0.258 e. The molecular formula is C12H16N2O4S. The molecule has 0 unspecified atom stereocenters. The van der Waals surface area contributed by atoms with Crippen molar-refractivity contribution in [2.75, 3.05) is 6.54 Å². The minimum atomic E-state index is -3.63. The molecule has 7 heteroatoms. The fourth-order valence-corrected chi connectivity index (χ4v) is 3.78. The largest absolute Gasteiger partial charge is 0.273 e. The summed E-state index contributed by atoms with van der Waals surface area (Å²) in [4.78, 5) is 10.3. The van der Waals surface area contributed by atoms with Gasteiger partial charge in [0, 0.05) is 24.2 Å². The van der Waals surface area contributed by atoms with Crippen molar-refractivity contribution in [3.05, 3.63) is 33.9 Å². The molecule has 1 aliphatic rings. The summed E-state index contributed by atoms with van der Waals surface area (Å²) in [6, 6.07) is 4.11. The third-order valence-electron chi connectivity index (χ3n) is 3.25. The van der Waals surface area contributed by atoms with Crippen molar-refractivity contribution in [1.29, 1.82) is 0 Å². The normalized spacial score (nSPS) is 15.7. The number of rotatable bonds is 5. The molecule has 1 aromatic rings. The summed E-state index contributed by atoms with van der Waals surface area (Å²) in [5, 5.41) is 10.9. The predicted octanol–water partition coefficient (Wildman–Crippen LogP) is 2.08. The number of hydrogen-bond donors (Lipinski definition) is 0. The van der Waals surface area contributed by atoms with Gasteiger partial charge in [-0.05, 0) is 25.8 Å². The second-order valence-corrected chi connectivity index (χ2v) is 6.54. The highest BCUT2D eigenvalue weighted by atomic mass is 32.2. The molecule has 1 saturated carbocycles. The molecule has 0 atom stereocenters. The standard InChI is InChI=1S/C12H16N2O4S/c1-3-13(10-5-6-10)19(17,18)11-7-4-9(2)12(8-11)14(15)16/h4,7-8,10H,3,5-6H2,1-2H3. The first kappa shape index (κ1) is 14.0. The van der Waals surface area contributed by atoms with Crippen LogP contribution in [-0.4, -0.2) is 30.2 Å². The van der Waals surface area contributed by atoms with Crippen LogP contribution in [0.4, 0.5) is 5.69 Å². The Kier molecular flexibility index (Phi) is 3.60. The molecular weight excluding hydrogens is 268 g/mol. The van der Waals surface area contributed by atoms with Crippen LogP contribution in [0, 0.1) is 17.0 Å². The second-order valence-electron chi connectivity index (χ2n) is 4.64. The van der Waals surface area contributed by atoms with Crippen LogP contribution in [0.5, 0.6) is 0 Å². The van der Waals surface area contributed by atoms with E-state index in [0.29, 0.717) is 12.1 Å². The highest BCUT2D eigenvalue weighted by molar-refractivity contribution is 7.89. The van der Waals surface area contributed by atoms with Crippen LogP contribution in [0.2, 0.25) is 0 Å². The van der Waals surface area contributed by atoms with Gasteiger partial charge in [0.25, 0.3) is 5.69 Å². The van der Waals surface area contributed by atoms with Gasteiger partial charge >= 0.3 is 0 Å². The molecule has 1 aliphatic carbocycles. The van der Waals surface area contributed by atoms with E-state index in [1.165, 1.54) is 16.4 Å². The summed E-state index contributed by atoms with van der Waals surface area (Å²) in [5.41, 5.74) is 0.298. The minimum absolute atomic E-state index is 0.00134. The van der Waals surface area contributed by atoms with Crippen molar-refractivity contribution >= 4 is 15.7 Å². The number of aryl methyl sites for hydroxylation is 1. The summed E-state index contributed by atoms with van der Waals surface area (Å²) in [7, 11) is -3.63. The van der Waals surface area contributed by atoms with E-state index in [0.717, 1.165) is 18.9 Å². The number of nitro groups is 1. The van der Waals surface area contributed by atoms with Gasteiger partial charge in [0.15, 0.2) is 0 Å². The van der Waals surface area contributed by atoms with E-state index in [9.17, 15) is 18.5 Å². The monoisotopic (exact) mass is 284 g/mol. The Morgan fingerprint density at radius 3 is 2.53 bits per heavy atom. The summed E-state index contributed by atoms with van der Waals surface area (Å²) < 4.78 is 26.3. The van der Waals surface area contributed by atoms with E-state index in [4.69, 9.17) is 0 Å². The molecule has 19 heavy (non-hydrogen) atoms. The van der Waals surface area contributed by atoms with Crippen molar-refractivity contribution in [3.8, 4) is 0 Å². The summed E-state index contributed by atoms with van der Waals surface area (Å²) in [6.07, 6.45) is 1.72. The van der Waals surface area contributed by atoms with E-state index in [-0.39, 0.29) is 16.6 Å². The lowest BCUT2D eigenvalue weighted by Crippen LogP contribution is -2.32. The van der Waals surface area contributed by atoms with Crippen molar-refractivity contribution in [3.63, 3.8) is 0 Å². The molecule has 1 fully saturated rings. The summed E-state index contributed by atoms with van der Waals surface area (Å²) in [6.45, 7) is 3.75. The van der Waals surface area contributed by atoms with Crippen molar-refractivity contribution in [1.82, 2.24) is 4.31 Å². The molecule has 0 spiro atoms. The topological polar surface area (TPSA) is 80.5 Å². The van der Waals surface area contributed by atoms with Crippen LogP contribution in [-0.2, 0) is 10.0 Å². The van der Waals surface area contributed by atoms with Gasteiger partial charge in [-0.3, -0.25) is 10.1 Å². The van der Waals surface area contributed by atoms with Gasteiger partial charge in [0.1, 0.15) is 0 Å². The first-order chi connectivity index (χ1) is 8.87. The van der Waals surface area contributed by atoms with Gasteiger partial charge in [0.05, 0.1) is 9.82 Å². The molecule has 104 valence electrons. The molecule has 2 rings (SSSR count). The number of nitrogens with zero attached hydrogens (tertiary/aromatic N) is 2. The maximum Gasteiger partial charge on any atom is 0.273 e. The molecule has 0 saturated heterocycles. The Bertz CT molecular complexity index is 608. The van der Waals surface area contributed by atoms with Gasteiger partial charge in [-0.15, -0.1) is 0 Å². The van der Waals surface area contributed by atoms with Crippen molar-refractivity contribution in [2.24, 2.45) is 0 Å². The third kappa shape index (κ3) is 2.62. The number of sulfonamides is 1. The molecule has 0 radical (unpaired) electrons. The molecule has 0 aromatic heterocycles. The van der Waals surface area contributed by atoms with E-state index < -0.39 is 14.9 Å². The van der Waals surface area contributed by atoms with Crippen molar-refractivity contribution < 1.29 is 13.3 Å². The Balaban J connectivity index is 2.45. The molecule has 0 N–H and O–H groups in total. The molecule has 6 nitrogen and oxygen atoms in total. The summed E-state index contributed by atoms with van der Waals surface area (Å²) >= 11 is 0. The lowest BCUT2D eigenvalue weighted by Gasteiger charge is -2.19. The fourth-order valence-electron chi connectivity index (χ4n) is 2.07. The number of hydrogen-bond acceptors (Lipinski definition) is 4. The fraction of sp³-hybridized carbons (Fsp3) is 0.500.